The summed E-state index contributed by atoms with van der Waals surface area (Å²) in [5, 5.41) is 4.89. The zero-order valence-corrected chi connectivity index (χ0v) is 11.9. The molecule has 1 aromatic heterocycles. The molecule has 0 aliphatic carbocycles. The molecule has 0 spiro atoms. The van der Waals surface area contributed by atoms with Crippen LogP contribution in [-0.4, -0.2) is 17.2 Å². The number of rotatable bonds is 5. The van der Waals surface area contributed by atoms with Crippen molar-refractivity contribution in [3.63, 3.8) is 0 Å². The van der Waals surface area contributed by atoms with Crippen molar-refractivity contribution in [2.24, 2.45) is 0 Å². The summed E-state index contributed by atoms with van der Waals surface area (Å²) in [6, 6.07) is 9.78. The van der Waals surface area contributed by atoms with E-state index < -0.39 is 0 Å². The average Bonchev–Trinajstić information content (AvgIpc) is 2.68. The minimum atomic E-state index is 0.515. The number of nitrogens with zero attached hydrogens (tertiary/aromatic N) is 1. The van der Waals surface area contributed by atoms with Gasteiger partial charge in [-0.15, -0.1) is 0 Å². The largest absolute Gasteiger partial charge is 0.345 e. The predicted molar refractivity (Wildman–Crippen MR) is 79.2 cm³/mol. The number of fused-ring (bicyclic) bond motifs is 1. The molecule has 0 bridgehead atoms. The number of hydrogen-bond acceptors (Lipinski definition) is 1. The molecular formula is C16H24N2. The highest BCUT2D eigenvalue weighted by molar-refractivity contribution is 5.84. The molecule has 2 aromatic rings. The van der Waals surface area contributed by atoms with E-state index in [1.807, 2.05) is 0 Å². The van der Waals surface area contributed by atoms with Crippen molar-refractivity contribution in [2.45, 2.75) is 46.2 Å². The van der Waals surface area contributed by atoms with Crippen LogP contribution in [0, 0.1) is 0 Å². The zero-order valence-electron chi connectivity index (χ0n) is 11.9. The third kappa shape index (κ3) is 2.75. The molecule has 0 aliphatic rings. The first kappa shape index (κ1) is 13.2. The van der Waals surface area contributed by atoms with Crippen molar-refractivity contribution in [2.75, 3.05) is 6.54 Å². The summed E-state index contributed by atoms with van der Waals surface area (Å²) in [5.41, 5.74) is 2.81. The maximum Gasteiger partial charge on any atom is 0.0485 e. The van der Waals surface area contributed by atoms with Gasteiger partial charge in [-0.1, -0.05) is 32.0 Å². The minimum Gasteiger partial charge on any atom is -0.345 e. The topological polar surface area (TPSA) is 17.0 Å². The Bertz CT molecular complexity index is 509. The van der Waals surface area contributed by atoms with Crippen molar-refractivity contribution in [3.8, 4) is 0 Å². The molecule has 2 nitrogen and oxygen atoms in total. The van der Waals surface area contributed by atoms with E-state index in [0.717, 1.165) is 13.0 Å². The molecule has 98 valence electrons. The van der Waals surface area contributed by atoms with E-state index in [-0.39, 0.29) is 0 Å². The lowest BCUT2D eigenvalue weighted by Crippen LogP contribution is -2.24. The van der Waals surface area contributed by atoms with E-state index >= 15 is 0 Å². The summed E-state index contributed by atoms with van der Waals surface area (Å²) in [5.74, 6) is 0. The minimum absolute atomic E-state index is 0.515. The summed E-state index contributed by atoms with van der Waals surface area (Å²) in [4.78, 5) is 0. The van der Waals surface area contributed by atoms with E-state index in [0.29, 0.717) is 12.1 Å². The fourth-order valence-corrected chi connectivity index (χ4v) is 2.40. The van der Waals surface area contributed by atoms with Crippen LogP contribution in [0.15, 0.2) is 30.5 Å². The summed E-state index contributed by atoms with van der Waals surface area (Å²) in [7, 11) is 0. The first-order valence-electron chi connectivity index (χ1n) is 6.91. The fraction of sp³-hybridized carbons (Fsp3) is 0.500. The van der Waals surface area contributed by atoms with Gasteiger partial charge in [0.1, 0.15) is 0 Å². The summed E-state index contributed by atoms with van der Waals surface area (Å²) in [6.07, 6.45) is 3.41. The quantitative estimate of drug-likeness (QED) is 0.847. The van der Waals surface area contributed by atoms with Crippen LogP contribution >= 0.6 is 0 Å². The van der Waals surface area contributed by atoms with Crippen LogP contribution in [0.1, 0.15) is 39.3 Å². The number of aromatic nitrogens is 1. The number of hydrogen-bond donors (Lipinski definition) is 1. The van der Waals surface area contributed by atoms with Gasteiger partial charge in [-0.05, 0) is 38.4 Å². The first-order valence-corrected chi connectivity index (χ1v) is 6.91. The molecule has 2 rings (SSSR count). The van der Waals surface area contributed by atoms with Gasteiger partial charge >= 0.3 is 0 Å². The van der Waals surface area contributed by atoms with Crippen LogP contribution in [0.3, 0.4) is 0 Å². The SMILES string of the molecule is CC(C)NCCc1cn(C(C)C)c2ccccc12. The maximum absolute atomic E-state index is 3.49. The molecule has 0 fully saturated rings. The average molecular weight is 244 g/mol. The Morgan fingerprint density at radius 3 is 2.50 bits per heavy atom. The third-order valence-electron chi connectivity index (χ3n) is 3.33. The highest BCUT2D eigenvalue weighted by atomic mass is 15.0. The van der Waals surface area contributed by atoms with Gasteiger partial charge in [0, 0.05) is 29.2 Å². The molecule has 1 N–H and O–H groups in total. The second-order valence-corrected chi connectivity index (χ2v) is 5.53. The van der Waals surface area contributed by atoms with Gasteiger partial charge < -0.3 is 9.88 Å². The van der Waals surface area contributed by atoms with Gasteiger partial charge in [0.15, 0.2) is 0 Å². The van der Waals surface area contributed by atoms with Gasteiger partial charge in [-0.25, -0.2) is 0 Å². The summed E-state index contributed by atoms with van der Waals surface area (Å²) >= 11 is 0. The molecule has 1 aromatic carbocycles. The van der Waals surface area contributed by atoms with Crippen molar-refractivity contribution < 1.29 is 0 Å². The fourth-order valence-electron chi connectivity index (χ4n) is 2.40. The monoisotopic (exact) mass is 244 g/mol. The van der Waals surface area contributed by atoms with Gasteiger partial charge in [-0.2, -0.15) is 0 Å². The molecule has 0 atom stereocenters. The molecule has 18 heavy (non-hydrogen) atoms. The number of benzene rings is 1. The summed E-state index contributed by atoms with van der Waals surface area (Å²) in [6.45, 7) is 9.91. The second kappa shape index (κ2) is 5.57. The van der Waals surface area contributed by atoms with Crippen LogP contribution < -0.4 is 5.32 Å². The molecule has 1 heterocycles. The molecule has 0 unspecified atom stereocenters. The van der Waals surface area contributed by atoms with Crippen molar-refractivity contribution in [1.29, 1.82) is 0 Å². The van der Waals surface area contributed by atoms with E-state index in [2.05, 4.69) is 68.0 Å². The van der Waals surface area contributed by atoms with Crippen LogP contribution in [0.4, 0.5) is 0 Å². The van der Waals surface area contributed by atoms with Gasteiger partial charge in [0.2, 0.25) is 0 Å². The van der Waals surface area contributed by atoms with Crippen molar-refractivity contribution in [3.05, 3.63) is 36.0 Å². The standard InChI is InChI=1S/C16H24N2/c1-12(2)17-10-9-14-11-18(13(3)4)16-8-6-5-7-15(14)16/h5-8,11-13,17H,9-10H2,1-4H3. The Hall–Kier alpha value is -1.28. The smallest absolute Gasteiger partial charge is 0.0485 e. The molecular weight excluding hydrogens is 220 g/mol. The molecule has 0 radical (unpaired) electrons. The Kier molecular flexibility index (Phi) is 4.07. The Labute approximate surface area is 110 Å². The van der Waals surface area contributed by atoms with Crippen molar-refractivity contribution >= 4 is 10.9 Å². The molecule has 0 amide bonds. The molecule has 0 aliphatic heterocycles. The zero-order chi connectivity index (χ0) is 13.1. The first-order chi connectivity index (χ1) is 8.59. The van der Waals surface area contributed by atoms with E-state index in [4.69, 9.17) is 0 Å². The molecule has 0 saturated carbocycles. The van der Waals surface area contributed by atoms with Crippen LogP contribution in [-0.2, 0) is 6.42 Å². The summed E-state index contributed by atoms with van der Waals surface area (Å²) < 4.78 is 2.38. The number of nitrogens with one attached hydrogen (secondary N) is 1. The highest BCUT2D eigenvalue weighted by Gasteiger charge is 2.09. The normalized spacial score (nSPS) is 11.9. The third-order valence-corrected chi connectivity index (χ3v) is 3.33. The molecule has 0 saturated heterocycles. The van der Waals surface area contributed by atoms with Crippen LogP contribution in [0.5, 0.6) is 0 Å². The lowest BCUT2D eigenvalue weighted by molar-refractivity contribution is 0.587. The highest BCUT2D eigenvalue weighted by Crippen LogP contribution is 2.24. The van der Waals surface area contributed by atoms with Gasteiger partial charge in [0.05, 0.1) is 0 Å². The van der Waals surface area contributed by atoms with Gasteiger partial charge in [-0.3, -0.25) is 0 Å². The van der Waals surface area contributed by atoms with Crippen LogP contribution in [0.25, 0.3) is 10.9 Å². The molecule has 2 heteroatoms. The Morgan fingerprint density at radius 1 is 1.11 bits per heavy atom. The second-order valence-electron chi connectivity index (χ2n) is 5.53. The lowest BCUT2D eigenvalue weighted by Gasteiger charge is -2.08. The number of para-hydroxylation sites is 1. The van der Waals surface area contributed by atoms with E-state index in [1.54, 1.807) is 0 Å². The Balaban J connectivity index is 2.27. The van der Waals surface area contributed by atoms with Gasteiger partial charge in [0.25, 0.3) is 0 Å². The van der Waals surface area contributed by atoms with E-state index in [1.165, 1.54) is 16.5 Å². The Morgan fingerprint density at radius 2 is 1.83 bits per heavy atom. The maximum atomic E-state index is 3.49. The predicted octanol–water partition coefficient (Wildman–Crippen LogP) is 3.76. The lowest BCUT2D eigenvalue weighted by atomic mass is 10.1. The van der Waals surface area contributed by atoms with Crippen LogP contribution in [0.2, 0.25) is 0 Å². The van der Waals surface area contributed by atoms with E-state index in [9.17, 15) is 0 Å². The van der Waals surface area contributed by atoms with Crippen molar-refractivity contribution in [1.82, 2.24) is 9.88 Å².